The van der Waals surface area contributed by atoms with Gasteiger partial charge in [0.05, 0.1) is 5.41 Å². The number of rotatable bonds is 1. The maximum atomic E-state index is 5.58. The maximum Gasteiger partial charge on any atom is 0.0510 e. The Balaban J connectivity index is 2.79. The molecule has 1 nitrogen and oxygen atoms in total. The molecule has 2 rings (SSSR count). The summed E-state index contributed by atoms with van der Waals surface area (Å²) >= 11 is 0. The smallest absolute Gasteiger partial charge is 0.0510 e. The Bertz CT molecular complexity index is 538. The van der Waals surface area contributed by atoms with E-state index in [1.54, 1.807) is 0 Å². The molecule has 0 saturated heterocycles. The molecule has 0 aliphatic rings. The van der Waals surface area contributed by atoms with Gasteiger partial charge in [0.1, 0.15) is 0 Å². The van der Waals surface area contributed by atoms with E-state index in [9.17, 15) is 0 Å². The zero-order chi connectivity index (χ0) is 11.1. The normalized spacial score (nSPS) is 11.6. The van der Waals surface area contributed by atoms with Crippen molar-refractivity contribution in [2.45, 2.75) is 19.3 Å². The zero-order valence-corrected chi connectivity index (χ0v) is 9.41. The quantitative estimate of drug-likeness (QED) is 0.619. The average Bonchev–Trinajstić information content (AvgIpc) is 2.60. The van der Waals surface area contributed by atoms with Gasteiger partial charge in [0.2, 0.25) is 0 Å². The van der Waals surface area contributed by atoms with Gasteiger partial charge in [-0.15, -0.1) is 6.42 Å². The van der Waals surface area contributed by atoms with Crippen molar-refractivity contribution in [2.24, 2.45) is 7.05 Å². The summed E-state index contributed by atoms with van der Waals surface area (Å²) in [4.78, 5) is 0. The highest BCUT2D eigenvalue weighted by Crippen LogP contribution is 2.29. The van der Waals surface area contributed by atoms with Crippen LogP contribution in [0, 0.1) is 12.3 Å². The minimum absolute atomic E-state index is 0.207. The Morgan fingerprint density at radius 2 is 2.00 bits per heavy atom. The van der Waals surface area contributed by atoms with Crippen LogP contribution in [0.4, 0.5) is 0 Å². The molecule has 15 heavy (non-hydrogen) atoms. The van der Waals surface area contributed by atoms with Gasteiger partial charge in [-0.1, -0.05) is 18.1 Å². The highest BCUT2D eigenvalue weighted by Gasteiger charge is 2.20. The molecule has 1 aromatic heterocycles. The minimum atomic E-state index is -0.207. The molecule has 0 aliphatic carbocycles. The molecule has 0 fully saturated rings. The second-order valence-electron chi connectivity index (χ2n) is 4.43. The van der Waals surface area contributed by atoms with Crippen molar-refractivity contribution in [2.75, 3.05) is 0 Å². The van der Waals surface area contributed by atoms with E-state index < -0.39 is 0 Å². The van der Waals surface area contributed by atoms with Gasteiger partial charge in [-0.3, -0.25) is 0 Å². The zero-order valence-electron chi connectivity index (χ0n) is 9.41. The molecule has 0 bridgehead atoms. The first-order valence-electron chi connectivity index (χ1n) is 5.08. The third-order valence-corrected chi connectivity index (χ3v) is 2.96. The van der Waals surface area contributed by atoms with Crippen LogP contribution < -0.4 is 0 Å². The fourth-order valence-corrected chi connectivity index (χ4v) is 1.93. The lowest BCUT2D eigenvalue weighted by atomic mass is 9.84. The first kappa shape index (κ1) is 9.86. The van der Waals surface area contributed by atoms with Crippen molar-refractivity contribution in [1.82, 2.24) is 4.57 Å². The number of hydrogen-bond donors (Lipinski definition) is 0. The third-order valence-electron chi connectivity index (χ3n) is 2.96. The van der Waals surface area contributed by atoms with Crippen LogP contribution in [0.15, 0.2) is 30.5 Å². The van der Waals surface area contributed by atoms with Crippen LogP contribution in [-0.2, 0) is 12.5 Å². The summed E-state index contributed by atoms with van der Waals surface area (Å²) < 4.78 is 2.12. The van der Waals surface area contributed by atoms with Crippen LogP contribution in [0.25, 0.3) is 10.9 Å². The van der Waals surface area contributed by atoms with E-state index in [4.69, 9.17) is 6.42 Å². The summed E-state index contributed by atoms with van der Waals surface area (Å²) in [5, 5.41) is 1.25. The Kier molecular flexibility index (Phi) is 2.08. The van der Waals surface area contributed by atoms with Crippen LogP contribution in [0.2, 0.25) is 0 Å². The van der Waals surface area contributed by atoms with E-state index in [1.165, 1.54) is 16.5 Å². The van der Waals surface area contributed by atoms with Gasteiger partial charge in [0.25, 0.3) is 0 Å². The largest absolute Gasteiger partial charge is 0.351 e. The molecule has 0 radical (unpaired) electrons. The van der Waals surface area contributed by atoms with Gasteiger partial charge < -0.3 is 4.57 Å². The Morgan fingerprint density at radius 1 is 1.27 bits per heavy atom. The monoisotopic (exact) mass is 197 g/mol. The molecular weight excluding hydrogens is 182 g/mol. The molecule has 1 heterocycles. The summed E-state index contributed by atoms with van der Waals surface area (Å²) in [7, 11) is 2.05. The number of terminal acetylenes is 1. The Morgan fingerprint density at radius 3 is 2.67 bits per heavy atom. The van der Waals surface area contributed by atoms with E-state index >= 15 is 0 Å². The first-order chi connectivity index (χ1) is 7.06. The molecule has 0 spiro atoms. The lowest BCUT2D eigenvalue weighted by Crippen LogP contribution is -2.14. The van der Waals surface area contributed by atoms with Crippen molar-refractivity contribution in [3.8, 4) is 12.3 Å². The van der Waals surface area contributed by atoms with Crippen LogP contribution in [0.3, 0.4) is 0 Å². The minimum Gasteiger partial charge on any atom is -0.351 e. The Labute approximate surface area is 90.7 Å². The molecule has 0 atom stereocenters. The number of benzene rings is 1. The molecule has 76 valence electrons. The van der Waals surface area contributed by atoms with Crippen molar-refractivity contribution in [3.63, 3.8) is 0 Å². The summed E-state index contributed by atoms with van der Waals surface area (Å²) in [6.45, 7) is 4.16. The van der Waals surface area contributed by atoms with Gasteiger partial charge >= 0.3 is 0 Å². The van der Waals surface area contributed by atoms with Crippen LogP contribution in [0.5, 0.6) is 0 Å². The fourth-order valence-electron chi connectivity index (χ4n) is 1.93. The van der Waals surface area contributed by atoms with Crippen molar-refractivity contribution in [3.05, 3.63) is 36.0 Å². The van der Waals surface area contributed by atoms with Gasteiger partial charge in [-0.05, 0) is 31.5 Å². The predicted molar refractivity (Wildman–Crippen MR) is 64.8 cm³/mol. The van der Waals surface area contributed by atoms with Crippen molar-refractivity contribution < 1.29 is 0 Å². The molecule has 0 saturated carbocycles. The molecule has 0 unspecified atom stereocenters. The number of aromatic nitrogens is 1. The lowest BCUT2D eigenvalue weighted by molar-refractivity contribution is 0.706. The second-order valence-corrected chi connectivity index (χ2v) is 4.43. The summed E-state index contributed by atoms with van der Waals surface area (Å²) in [6, 6.07) is 8.42. The Hall–Kier alpha value is -1.68. The number of nitrogens with zero attached hydrogens (tertiary/aromatic N) is 1. The molecule has 2 aromatic rings. The molecule has 0 N–H and O–H groups in total. The standard InChI is InChI=1S/C14H15N/c1-5-14(2,3)12-7-6-8-13-11(12)9-10-15(13)4/h1,6-10H,2-4H3. The van der Waals surface area contributed by atoms with Crippen LogP contribution in [0.1, 0.15) is 19.4 Å². The van der Waals surface area contributed by atoms with Gasteiger partial charge in [0.15, 0.2) is 0 Å². The van der Waals surface area contributed by atoms with Crippen molar-refractivity contribution in [1.29, 1.82) is 0 Å². The second kappa shape index (κ2) is 3.17. The molecule has 1 heteroatoms. The van der Waals surface area contributed by atoms with E-state index in [-0.39, 0.29) is 5.41 Å². The van der Waals surface area contributed by atoms with Gasteiger partial charge in [0, 0.05) is 24.1 Å². The highest BCUT2D eigenvalue weighted by atomic mass is 14.9. The van der Waals surface area contributed by atoms with E-state index in [2.05, 4.69) is 61.8 Å². The molecule has 0 amide bonds. The van der Waals surface area contributed by atoms with Gasteiger partial charge in [-0.2, -0.15) is 0 Å². The lowest BCUT2D eigenvalue weighted by Gasteiger charge is -2.19. The average molecular weight is 197 g/mol. The van der Waals surface area contributed by atoms with E-state index in [1.807, 2.05) is 0 Å². The SMILES string of the molecule is C#CC(C)(C)c1cccc2c1ccn2C. The molecule has 0 aliphatic heterocycles. The van der Waals surface area contributed by atoms with Crippen molar-refractivity contribution >= 4 is 10.9 Å². The van der Waals surface area contributed by atoms with E-state index in [0.717, 1.165) is 0 Å². The van der Waals surface area contributed by atoms with Crippen LogP contribution >= 0.6 is 0 Å². The molecule has 1 aromatic carbocycles. The van der Waals surface area contributed by atoms with E-state index in [0.29, 0.717) is 0 Å². The number of hydrogen-bond acceptors (Lipinski definition) is 0. The summed E-state index contributed by atoms with van der Waals surface area (Å²) in [6.07, 6.45) is 7.65. The third kappa shape index (κ3) is 1.43. The number of aryl methyl sites for hydroxylation is 1. The summed E-state index contributed by atoms with van der Waals surface area (Å²) in [5.41, 5.74) is 2.25. The van der Waals surface area contributed by atoms with Crippen LogP contribution in [-0.4, -0.2) is 4.57 Å². The predicted octanol–water partition coefficient (Wildman–Crippen LogP) is 3.09. The topological polar surface area (TPSA) is 4.93 Å². The molecular formula is C14H15N. The maximum absolute atomic E-state index is 5.58. The highest BCUT2D eigenvalue weighted by molar-refractivity contribution is 5.85. The fraction of sp³-hybridized carbons (Fsp3) is 0.286. The summed E-state index contributed by atoms with van der Waals surface area (Å²) in [5.74, 6) is 2.85. The number of fused-ring (bicyclic) bond motifs is 1. The first-order valence-corrected chi connectivity index (χ1v) is 5.08. The van der Waals surface area contributed by atoms with Gasteiger partial charge in [-0.25, -0.2) is 0 Å².